The molecule has 3 nitrogen and oxygen atoms in total. The van der Waals surface area contributed by atoms with Crippen LogP contribution in [0.1, 0.15) is 38.2 Å². The molecule has 0 saturated heterocycles. The second kappa shape index (κ2) is 4.08. The molecule has 1 N–H and O–H groups in total. The molecule has 1 aliphatic heterocycles. The van der Waals surface area contributed by atoms with Gasteiger partial charge in [0.25, 0.3) is 0 Å². The molecule has 1 saturated carbocycles. The van der Waals surface area contributed by atoms with Crippen molar-refractivity contribution in [1.82, 2.24) is 0 Å². The Bertz CT molecular complexity index is 469. The zero-order valence-corrected chi connectivity index (χ0v) is 11.0. The molecule has 1 aromatic carbocycles. The van der Waals surface area contributed by atoms with Gasteiger partial charge >= 0.3 is 0 Å². The average Bonchev–Trinajstić information content (AvgIpc) is 2.35. The minimum absolute atomic E-state index is 0.0493. The van der Waals surface area contributed by atoms with Gasteiger partial charge in [-0.25, -0.2) is 0 Å². The monoisotopic (exact) mass is 248 g/mol. The lowest BCUT2D eigenvalue weighted by atomic mass is 9.72. The SMILES string of the molecule is COc1cc2c(cc1O)O[C@@]1(C)CCCC[C@H]1C2. The summed E-state index contributed by atoms with van der Waals surface area (Å²) in [6.07, 6.45) is 5.92. The summed E-state index contributed by atoms with van der Waals surface area (Å²) in [6, 6.07) is 3.61. The quantitative estimate of drug-likeness (QED) is 0.829. The molecule has 18 heavy (non-hydrogen) atoms. The first-order valence-electron chi connectivity index (χ1n) is 6.71. The Morgan fingerprint density at radius 1 is 1.39 bits per heavy atom. The Balaban J connectivity index is 1.99. The third kappa shape index (κ3) is 1.73. The van der Waals surface area contributed by atoms with E-state index in [4.69, 9.17) is 9.47 Å². The molecule has 1 aromatic rings. The first-order chi connectivity index (χ1) is 8.62. The van der Waals surface area contributed by atoms with Gasteiger partial charge in [-0.2, -0.15) is 0 Å². The number of rotatable bonds is 1. The Hall–Kier alpha value is -1.38. The maximum Gasteiger partial charge on any atom is 0.161 e. The molecule has 0 aromatic heterocycles. The van der Waals surface area contributed by atoms with Crippen LogP contribution in [0.5, 0.6) is 17.2 Å². The van der Waals surface area contributed by atoms with E-state index in [1.807, 2.05) is 6.07 Å². The van der Waals surface area contributed by atoms with Gasteiger partial charge in [-0.05, 0) is 44.2 Å². The molecular weight excluding hydrogens is 228 g/mol. The molecule has 1 heterocycles. The highest BCUT2D eigenvalue weighted by Crippen LogP contribution is 2.47. The predicted molar refractivity (Wildman–Crippen MR) is 69.4 cm³/mol. The number of phenolic OH excluding ortho intramolecular Hbond substituents is 1. The van der Waals surface area contributed by atoms with E-state index in [9.17, 15) is 5.11 Å². The molecule has 0 radical (unpaired) electrons. The van der Waals surface area contributed by atoms with E-state index in [0.29, 0.717) is 11.7 Å². The van der Waals surface area contributed by atoms with Crippen LogP contribution in [0.25, 0.3) is 0 Å². The third-order valence-electron chi connectivity index (χ3n) is 4.51. The van der Waals surface area contributed by atoms with Gasteiger partial charge in [0.05, 0.1) is 7.11 Å². The van der Waals surface area contributed by atoms with Crippen LogP contribution >= 0.6 is 0 Å². The summed E-state index contributed by atoms with van der Waals surface area (Å²) in [6.45, 7) is 2.21. The number of hydrogen-bond acceptors (Lipinski definition) is 3. The summed E-state index contributed by atoms with van der Waals surface area (Å²) in [5, 5.41) is 9.84. The Labute approximate surface area is 108 Å². The van der Waals surface area contributed by atoms with Gasteiger partial charge in [-0.3, -0.25) is 0 Å². The summed E-state index contributed by atoms with van der Waals surface area (Å²) in [7, 11) is 1.58. The van der Waals surface area contributed by atoms with Gasteiger partial charge in [-0.15, -0.1) is 0 Å². The molecule has 0 amide bonds. The third-order valence-corrected chi connectivity index (χ3v) is 4.51. The van der Waals surface area contributed by atoms with E-state index in [2.05, 4.69) is 6.92 Å². The van der Waals surface area contributed by atoms with E-state index in [1.54, 1.807) is 13.2 Å². The fourth-order valence-electron chi connectivity index (χ4n) is 3.35. The minimum Gasteiger partial charge on any atom is -0.504 e. The van der Waals surface area contributed by atoms with Crippen LogP contribution in [0.2, 0.25) is 0 Å². The molecule has 1 fully saturated rings. The van der Waals surface area contributed by atoms with Crippen molar-refractivity contribution < 1.29 is 14.6 Å². The summed E-state index contributed by atoms with van der Waals surface area (Å²) >= 11 is 0. The summed E-state index contributed by atoms with van der Waals surface area (Å²) in [5.41, 5.74) is 1.11. The Morgan fingerprint density at radius 2 is 2.22 bits per heavy atom. The Morgan fingerprint density at radius 3 is 3.00 bits per heavy atom. The van der Waals surface area contributed by atoms with Crippen LogP contribution < -0.4 is 9.47 Å². The van der Waals surface area contributed by atoms with E-state index >= 15 is 0 Å². The fraction of sp³-hybridized carbons (Fsp3) is 0.600. The van der Waals surface area contributed by atoms with Crippen molar-refractivity contribution in [3.63, 3.8) is 0 Å². The lowest BCUT2D eigenvalue weighted by molar-refractivity contribution is -0.0217. The van der Waals surface area contributed by atoms with Crippen molar-refractivity contribution in [2.45, 2.75) is 44.6 Å². The molecule has 0 spiro atoms. The number of methoxy groups -OCH3 is 1. The van der Waals surface area contributed by atoms with Crippen LogP contribution in [0, 0.1) is 5.92 Å². The maximum absolute atomic E-state index is 9.84. The molecule has 2 aliphatic rings. The molecule has 2 atom stereocenters. The van der Waals surface area contributed by atoms with Gasteiger partial charge < -0.3 is 14.6 Å². The van der Waals surface area contributed by atoms with Crippen LogP contribution in [0.3, 0.4) is 0 Å². The number of fused-ring (bicyclic) bond motifs is 2. The van der Waals surface area contributed by atoms with Crippen molar-refractivity contribution in [2.24, 2.45) is 5.92 Å². The van der Waals surface area contributed by atoms with Crippen LogP contribution in [0.4, 0.5) is 0 Å². The van der Waals surface area contributed by atoms with Crippen molar-refractivity contribution in [3.05, 3.63) is 17.7 Å². The van der Waals surface area contributed by atoms with Gasteiger partial charge in [0.2, 0.25) is 0 Å². The van der Waals surface area contributed by atoms with Crippen molar-refractivity contribution in [3.8, 4) is 17.2 Å². The van der Waals surface area contributed by atoms with Gasteiger partial charge in [0, 0.05) is 12.0 Å². The molecular formula is C15H20O3. The van der Waals surface area contributed by atoms with Gasteiger partial charge in [0.15, 0.2) is 11.5 Å². The van der Waals surface area contributed by atoms with E-state index in [-0.39, 0.29) is 11.4 Å². The van der Waals surface area contributed by atoms with Crippen molar-refractivity contribution >= 4 is 0 Å². The van der Waals surface area contributed by atoms with Crippen molar-refractivity contribution in [2.75, 3.05) is 7.11 Å². The zero-order valence-electron chi connectivity index (χ0n) is 11.0. The van der Waals surface area contributed by atoms with Crippen LogP contribution in [-0.4, -0.2) is 17.8 Å². The van der Waals surface area contributed by atoms with E-state index in [0.717, 1.165) is 24.2 Å². The minimum atomic E-state index is -0.0493. The number of hydrogen-bond donors (Lipinski definition) is 1. The fourth-order valence-corrected chi connectivity index (χ4v) is 3.35. The second-order valence-electron chi connectivity index (χ2n) is 5.69. The Kier molecular flexibility index (Phi) is 2.65. The second-order valence-corrected chi connectivity index (χ2v) is 5.69. The highest BCUT2D eigenvalue weighted by atomic mass is 16.5. The molecule has 3 heteroatoms. The van der Waals surface area contributed by atoms with Gasteiger partial charge in [-0.1, -0.05) is 6.42 Å². The number of phenols is 1. The molecule has 3 rings (SSSR count). The smallest absolute Gasteiger partial charge is 0.161 e. The highest BCUT2D eigenvalue weighted by Gasteiger charge is 2.42. The number of aromatic hydroxyl groups is 1. The molecule has 0 bridgehead atoms. The van der Waals surface area contributed by atoms with Crippen LogP contribution in [0.15, 0.2) is 12.1 Å². The molecule has 0 unspecified atom stereocenters. The summed E-state index contributed by atoms with van der Waals surface area (Å²) < 4.78 is 11.4. The van der Waals surface area contributed by atoms with E-state index < -0.39 is 0 Å². The predicted octanol–water partition coefficient (Wildman–Crippen LogP) is 3.28. The number of benzene rings is 1. The lowest BCUT2D eigenvalue weighted by Gasteiger charge is -2.45. The summed E-state index contributed by atoms with van der Waals surface area (Å²) in [4.78, 5) is 0. The highest BCUT2D eigenvalue weighted by molar-refractivity contribution is 5.51. The van der Waals surface area contributed by atoms with Gasteiger partial charge in [0.1, 0.15) is 11.4 Å². The average molecular weight is 248 g/mol. The molecule has 1 aliphatic carbocycles. The summed E-state index contributed by atoms with van der Waals surface area (Å²) in [5.74, 6) is 2.12. The lowest BCUT2D eigenvalue weighted by Crippen LogP contribution is -2.46. The normalized spacial score (nSPS) is 30.0. The maximum atomic E-state index is 9.84. The standard InChI is InChI=1S/C15H20O3/c1-15-6-4-3-5-11(15)7-10-8-14(17-2)12(16)9-13(10)18-15/h8-9,11,16H,3-7H2,1-2H3/t11-,15-/m0/s1. The first-order valence-corrected chi connectivity index (χ1v) is 6.71. The van der Waals surface area contributed by atoms with E-state index in [1.165, 1.54) is 19.3 Å². The largest absolute Gasteiger partial charge is 0.504 e. The zero-order chi connectivity index (χ0) is 12.8. The van der Waals surface area contributed by atoms with Crippen LogP contribution in [-0.2, 0) is 6.42 Å². The van der Waals surface area contributed by atoms with Crippen molar-refractivity contribution in [1.29, 1.82) is 0 Å². The molecule has 98 valence electrons. The first kappa shape index (κ1) is 11.7. The number of ether oxygens (including phenoxy) is 2. The topological polar surface area (TPSA) is 38.7 Å².